The summed E-state index contributed by atoms with van der Waals surface area (Å²) in [6.45, 7) is 3.41. The molecule has 1 saturated carbocycles. The van der Waals surface area contributed by atoms with Gasteiger partial charge in [0.25, 0.3) is 0 Å². The molecule has 1 aliphatic carbocycles. The molecular formula is C13H19N. The summed E-state index contributed by atoms with van der Waals surface area (Å²) in [7, 11) is 0. The van der Waals surface area contributed by atoms with E-state index in [4.69, 9.17) is 0 Å². The zero-order valence-electron chi connectivity index (χ0n) is 8.87. The maximum absolute atomic E-state index is 3.62. The molecule has 14 heavy (non-hydrogen) atoms. The van der Waals surface area contributed by atoms with Crippen molar-refractivity contribution < 1.29 is 0 Å². The lowest BCUT2D eigenvalue weighted by Gasteiger charge is -2.28. The van der Waals surface area contributed by atoms with Gasteiger partial charge in [0.15, 0.2) is 0 Å². The molecule has 0 spiro atoms. The van der Waals surface area contributed by atoms with Gasteiger partial charge >= 0.3 is 0 Å². The van der Waals surface area contributed by atoms with E-state index in [0.717, 1.165) is 12.6 Å². The van der Waals surface area contributed by atoms with Crippen LogP contribution in [-0.4, -0.2) is 12.6 Å². The van der Waals surface area contributed by atoms with Crippen molar-refractivity contribution in [2.24, 2.45) is 0 Å². The van der Waals surface area contributed by atoms with E-state index in [2.05, 4.69) is 42.6 Å². The van der Waals surface area contributed by atoms with Gasteiger partial charge < -0.3 is 5.32 Å². The van der Waals surface area contributed by atoms with E-state index >= 15 is 0 Å². The van der Waals surface area contributed by atoms with Gasteiger partial charge in [-0.2, -0.15) is 0 Å². The SMILES string of the molecule is CC(CNC1CCC1)c1ccccc1. The highest BCUT2D eigenvalue weighted by molar-refractivity contribution is 5.19. The lowest BCUT2D eigenvalue weighted by Crippen LogP contribution is -2.37. The second-order valence-corrected chi connectivity index (χ2v) is 4.35. The van der Waals surface area contributed by atoms with E-state index in [1.165, 1.54) is 24.8 Å². The zero-order chi connectivity index (χ0) is 9.80. The van der Waals surface area contributed by atoms with Gasteiger partial charge in [-0.05, 0) is 24.3 Å². The second-order valence-electron chi connectivity index (χ2n) is 4.35. The summed E-state index contributed by atoms with van der Waals surface area (Å²) in [5.41, 5.74) is 1.44. The van der Waals surface area contributed by atoms with Crippen LogP contribution in [0.4, 0.5) is 0 Å². The highest BCUT2D eigenvalue weighted by Gasteiger charge is 2.17. The molecule has 0 saturated heterocycles. The van der Waals surface area contributed by atoms with Crippen LogP contribution in [0.3, 0.4) is 0 Å². The van der Waals surface area contributed by atoms with Crippen LogP contribution < -0.4 is 5.32 Å². The van der Waals surface area contributed by atoms with Crippen LogP contribution in [0.1, 0.15) is 37.7 Å². The molecule has 1 atom stereocenters. The Labute approximate surface area is 86.5 Å². The van der Waals surface area contributed by atoms with Crippen molar-refractivity contribution in [2.45, 2.75) is 38.1 Å². The number of nitrogens with one attached hydrogen (secondary N) is 1. The molecule has 1 aliphatic rings. The molecule has 2 rings (SSSR count). The molecule has 0 amide bonds. The summed E-state index contributed by atoms with van der Waals surface area (Å²) in [6.07, 6.45) is 4.17. The minimum Gasteiger partial charge on any atom is -0.313 e. The number of hydrogen-bond donors (Lipinski definition) is 1. The Morgan fingerprint density at radius 1 is 1.29 bits per heavy atom. The zero-order valence-corrected chi connectivity index (χ0v) is 8.87. The number of rotatable bonds is 4. The van der Waals surface area contributed by atoms with E-state index < -0.39 is 0 Å². The van der Waals surface area contributed by atoms with E-state index in [1.54, 1.807) is 0 Å². The van der Waals surface area contributed by atoms with Gasteiger partial charge in [0.05, 0.1) is 0 Å². The third kappa shape index (κ3) is 2.36. The van der Waals surface area contributed by atoms with Crippen LogP contribution in [0.2, 0.25) is 0 Å². The highest BCUT2D eigenvalue weighted by Crippen LogP contribution is 2.20. The van der Waals surface area contributed by atoms with Gasteiger partial charge in [-0.3, -0.25) is 0 Å². The van der Waals surface area contributed by atoms with E-state index in [-0.39, 0.29) is 0 Å². The van der Waals surface area contributed by atoms with Crippen molar-refractivity contribution >= 4 is 0 Å². The van der Waals surface area contributed by atoms with Crippen molar-refractivity contribution in [2.75, 3.05) is 6.54 Å². The Morgan fingerprint density at radius 2 is 2.00 bits per heavy atom. The summed E-state index contributed by atoms with van der Waals surface area (Å²) >= 11 is 0. The fraction of sp³-hybridized carbons (Fsp3) is 0.538. The quantitative estimate of drug-likeness (QED) is 0.768. The first-order valence-electron chi connectivity index (χ1n) is 5.64. The van der Waals surface area contributed by atoms with Crippen molar-refractivity contribution in [1.29, 1.82) is 0 Å². The molecule has 0 aromatic heterocycles. The molecule has 0 radical (unpaired) electrons. The minimum atomic E-state index is 0.636. The molecule has 1 aromatic rings. The monoisotopic (exact) mass is 189 g/mol. The van der Waals surface area contributed by atoms with Crippen LogP contribution in [0, 0.1) is 0 Å². The minimum absolute atomic E-state index is 0.636. The average molecular weight is 189 g/mol. The van der Waals surface area contributed by atoms with Gasteiger partial charge in [-0.1, -0.05) is 43.7 Å². The summed E-state index contributed by atoms with van der Waals surface area (Å²) in [5.74, 6) is 0.636. The molecular weight excluding hydrogens is 170 g/mol. The van der Waals surface area contributed by atoms with Gasteiger partial charge in [-0.25, -0.2) is 0 Å². The third-order valence-corrected chi connectivity index (χ3v) is 3.19. The predicted octanol–water partition coefficient (Wildman–Crippen LogP) is 2.93. The van der Waals surface area contributed by atoms with Crippen molar-refractivity contribution in [3.63, 3.8) is 0 Å². The third-order valence-electron chi connectivity index (χ3n) is 3.19. The molecule has 1 nitrogen and oxygen atoms in total. The summed E-state index contributed by atoms with van der Waals surface area (Å²) in [6, 6.07) is 11.6. The predicted molar refractivity (Wildman–Crippen MR) is 60.5 cm³/mol. The molecule has 0 aliphatic heterocycles. The first kappa shape index (κ1) is 9.72. The lowest BCUT2D eigenvalue weighted by atomic mass is 9.92. The van der Waals surface area contributed by atoms with Crippen molar-refractivity contribution in [1.82, 2.24) is 5.32 Å². The average Bonchev–Trinajstić information content (AvgIpc) is 2.16. The summed E-state index contributed by atoms with van der Waals surface area (Å²) in [4.78, 5) is 0. The molecule has 0 heterocycles. The molecule has 1 N–H and O–H groups in total. The summed E-state index contributed by atoms with van der Waals surface area (Å²) < 4.78 is 0. The Morgan fingerprint density at radius 3 is 2.57 bits per heavy atom. The highest BCUT2D eigenvalue weighted by atomic mass is 14.9. The number of benzene rings is 1. The van der Waals surface area contributed by atoms with E-state index in [1.807, 2.05) is 0 Å². The molecule has 1 heteroatoms. The smallest absolute Gasteiger partial charge is 0.00673 e. The van der Waals surface area contributed by atoms with E-state index in [9.17, 15) is 0 Å². The Hall–Kier alpha value is -0.820. The van der Waals surface area contributed by atoms with Crippen LogP contribution in [0.15, 0.2) is 30.3 Å². The lowest BCUT2D eigenvalue weighted by molar-refractivity contribution is 0.334. The van der Waals surface area contributed by atoms with Gasteiger partial charge in [0.1, 0.15) is 0 Å². The normalized spacial score (nSPS) is 18.9. The molecule has 76 valence electrons. The van der Waals surface area contributed by atoms with Crippen molar-refractivity contribution in [3.05, 3.63) is 35.9 Å². The van der Waals surface area contributed by atoms with Crippen LogP contribution in [0.25, 0.3) is 0 Å². The Balaban J connectivity index is 1.80. The maximum Gasteiger partial charge on any atom is 0.00673 e. The van der Waals surface area contributed by atoms with Gasteiger partial charge in [0.2, 0.25) is 0 Å². The topological polar surface area (TPSA) is 12.0 Å². The fourth-order valence-electron chi connectivity index (χ4n) is 1.86. The van der Waals surface area contributed by atoms with Gasteiger partial charge in [0, 0.05) is 12.6 Å². The van der Waals surface area contributed by atoms with Crippen LogP contribution >= 0.6 is 0 Å². The fourth-order valence-corrected chi connectivity index (χ4v) is 1.86. The standard InChI is InChI=1S/C13H19N/c1-11(10-14-13-8-5-9-13)12-6-3-2-4-7-12/h2-4,6-7,11,13-14H,5,8-10H2,1H3. The molecule has 1 fully saturated rings. The van der Waals surface area contributed by atoms with Gasteiger partial charge in [-0.15, -0.1) is 0 Å². The molecule has 0 bridgehead atoms. The maximum atomic E-state index is 3.62. The van der Waals surface area contributed by atoms with Crippen LogP contribution in [-0.2, 0) is 0 Å². The van der Waals surface area contributed by atoms with Crippen LogP contribution in [0.5, 0.6) is 0 Å². The molecule has 1 aromatic carbocycles. The summed E-state index contributed by atoms with van der Waals surface area (Å²) in [5, 5.41) is 3.62. The second kappa shape index (κ2) is 4.61. The number of hydrogen-bond acceptors (Lipinski definition) is 1. The first-order chi connectivity index (χ1) is 6.86. The largest absolute Gasteiger partial charge is 0.313 e. The van der Waals surface area contributed by atoms with E-state index in [0.29, 0.717) is 5.92 Å². The Kier molecular flexibility index (Phi) is 3.20. The molecule has 1 unspecified atom stereocenters. The first-order valence-corrected chi connectivity index (χ1v) is 5.64. The van der Waals surface area contributed by atoms with Crippen molar-refractivity contribution in [3.8, 4) is 0 Å². The Bertz CT molecular complexity index is 264.